The normalized spacial score (nSPS) is 10.1. The molecule has 0 aliphatic heterocycles. The molecule has 0 fully saturated rings. The molecule has 0 N–H and O–H groups in total. The van der Waals surface area contributed by atoms with E-state index in [1.165, 1.54) is 6.07 Å². The second kappa shape index (κ2) is 4.23. The van der Waals surface area contributed by atoms with Gasteiger partial charge in [-0.05, 0) is 30.2 Å². The summed E-state index contributed by atoms with van der Waals surface area (Å²) < 4.78 is 13.4. The second-order valence-electron chi connectivity index (χ2n) is 3.57. The van der Waals surface area contributed by atoms with Crippen LogP contribution in [0.4, 0.5) is 4.39 Å². The summed E-state index contributed by atoms with van der Waals surface area (Å²) in [5, 5.41) is 0. The fourth-order valence-electron chi connectivity index (χ4n) is 1.61. The summed E-state index contributed by atoms with van der Waals surface area (Å²) in [5.41, 5.74) is 2.38. The van der Waals surface area contributed by atoms with Gasteiger partial charge in [0.1, 0.15) is 5.82 Å². The molecule has 16 heavy (non-hydrogen) atoms. The largest absolute Gasteiger partial charge is 0.298 e. The molecule has 1 aromatic heterocycles. The summed E-state index contributed by atoms with van der Waals surface area (Å²) in [6, 6.07) is 6.44. The van der Waals surface area contributed by atoms with Gasteiger partial charge in [0.2, 0.25) is 0 Å². The Balaban J connectivity index is 2.64. The van der Waals surface area contributed by atoms with Crippen molar-refractivity contribution >= 4 is 6.29 Å². The van der Waals surface area contributed by atoms with Crippen LogP contribution in [0.1, 0.15) is 15.9 Å². The number of pyridine rings is 1. The van der Waals surface area contributed by atoms with E-state index in [9.17, 15) is 9.18 Å². The third-order valence-corrected chi connectivity index (χ3v) is 2.36. The van der Waals surface area contributed by atoms with Gasteiger partial charge < -0.3 is 0 Å². The number of aryl methyl sites for hydroxylation is 1. The molecule has 0 amide bonds. The standard InChI is InChI=1S/C13H10FNO/c1-9-5-10(7-15-6-9)11-3-2-4-13(14)12(11)8-16/h2-8H,1H3. The molecule has 1 heterocycles. The Labute approximate surface area is 92.8 Å². The van der Waals surface area contributed by atoms with Gasteiger partial charge in [-0.1, -0.05) is 12.1 Å². The van der Waals surface area contributed by atoms with Crippen molar-refractivity contribution in [2.24, 2.45) is 0 Å². The number of carbonyl (C=O) groups excluding carboxylic acids is 1. The quantitative estimate of drug-likeness (QED) is 0.721. The number of aldehydes is 1. The third kappa shape index (κ3) is 1.84. The Bertz CT molecular complexity index is 537. The number of hydrogen-bond acceptors (Lipinski definition) is 2. The minimum atomic E-state index is -0.506. The predicted octanol–water partition coefficient (Wildman–Crippen LogP) is 3.01. The maximum Gasteiger partial charge on any atom is 0.153 e. The van der Waals surface area contributed by atoms with Crippen LogP contribution in [0, 0.1) is 12.7 Å². The molecule has 3 heteroatoms. The molecule has 0 saturated heterocycles. The van der Waals surface area contributed by atoms with Gasteiger partial charge in [-0.25, -0.2) is 4.39 Å². The Hall–Kier alpha value is -2.03. The van der Waals surface area contributed by atoms with E-state index in [1.54, 1.807) is 24.5 Å². The molecular formula is C13H10FNO. The average molecular weight is 215 g/mol. The summed E-state index contributed by atoms with van der Waals surface area (Å²) in [6.45, 7) is 1.90. The Morgan fingerprint density at radius 3 is 2.81 bits per heavy atom. The lowest BCUT2D eigenvalue weighted by molar-refractivity contribution is 0.112. The topological polar surface area (TPSA) is 30.0 Å². The van der Waals surface area contributed by atoms with Gasteiger partial charge in [-0.2, -0.15) is 0 Å². The monoisotopic (exact) mass is 215 g/mol. The summed E-state index contributed by atoms with van der Waals surface area (Å²) in [4.78, 5) is 14.9. The van der Waals surface area contributed by atoms with E-state index < -0.39 is 5.82 Å². The van der Waals surface area contributed by atoms with Gasteiger partial charge in [-0.15, -0.1) is 0 Å². The highest BCUT2D eigenvalue weighted by Crippen LogP contribution is 2.24. The molecule has 0 spiro atoms. The van der Waals surface area contributed by atoms with E-state index in [0.29, 0.717) is 11.8 Å². The summed E-state index contributed by atoms with van der Waals surface area (Å²) >= 11 is 0. The van der Waals surface area contributed by atoms with Gasteiger partial charge in [0, 0.05) is 18.0 Å². The van der Waals surface area contributed by atoms with E-state index in [2.05, 4.69) is 4.98 Å². The Morgan fingerprint density at radius 1 is 1.31 bits per heavy atom. The number of carbonyl (C=O) groups is 1. The van der Waals surface area contributed by atoms with Crippen LogP contribution in [0.5, 0.6) is 0 Å². The van der Waals surface area contributed by atoms with E-state index in [0.717, 1.165) is 11.1 Å². The zero-order chi connectivity index (χ0) is 11.5. The van der Waals surface area contributed by atoms with Crippen molar-refractivity contribution in [1.82, 2.24) is 4.98 Å². The van der Waals surface area contributed by atoms with Gasteiger partial charge in [0.25, 0.3) is 0 Å². The van der Waals surface area contributed by atoms with Crippen molar-refractivity contribution in [2.75, 3.05) is 0 Å². The first-order valence-corrected chi connectivity index (χ1v) is 4.88. The molecular weight excluding hydrogens is 205 g/mol. The average Bonchev–Trinajstić information content (AvgIpc) is 2.28. The van der Waals surface area contributed by atoms with Crippen LogP contribution < -0.4 is 0 Å². The van der Waals surface area contributed by atoms with Gasteiger partial charge in [-0.3, -0.25) is 9.78 Å². The molecule has 0 atom stereocenters. The first-order valence-electron chi connectivity index (χ1n) is 4.88. The van der Waals surface area contributed by atoms with Crippen LogP contribution in [-0.2, 0) is 0 Å². The molecule has 2 nitrogen and oxygen atoms in total. The number of aromatic nitrogens is 1. The van der Waals surface area contributed by atoms with Crippen molar-refractivity contribution in [3.63, 3.8) is 0 Å². The zero-order valence-corrected chi connectivity index (χ0v) is 8.77. The number of benzene rings is 1. The molecule has 2 aromatic rings. The van der Waals surface area contributed by atoms with Crippen molar-refractivity contribution in [3.05, 3.63) is 53.6 Å². The Morgan fingerprint density at radius 2 is 2.12 bits per heavy atom. The SMILES string of the molecule is Cc1cncc(-c2cccc(F)c2C=O)c1. The van der Waals surface area contributed by atoms with Crippen molar-refractivity contribution in [3.8, 4) is 11.1 Å². The minimum Gasteiger partial charge on any atom is -0.298 e. The lowest BCUT2D eigenvalue weighted by atomic mass is 10.0. The molecule has 0 aliphatic rings. The summed E-state index contributed by atoms with van der Waals surface area (Å²) in [6.07, 6.45) is 3.87. The van der Waals surface area contributed by atoms with Crippen molar-refractivity contribution in [1.29, 1.82) is 0 Å². The van der Waals surface area contributed by atoms with Crippen LogP contribution in [0.3, 0.4) is 0 Å². The molecule has 80 valence electrons. The first kappa shape index (κ1) is 10.5. The van der Waals surface area contributed by atoms with Crippen LogP contribution in [0.2, 0.25) is 0 Å². The molecule has 0 bridgehead atoms. The van der Waals surface area contributed by atoms with Crippen LogP contribution in [-0.4, -0.2) is 11.3 Å². The van der Waals surface area contributed by atoms with Gasteiger partial charge >= 0.3 is 0 Å². The minimum absolute atomic E-state index is 0.0786. The van der Waals surface area contributed by atoms with E-state index in [4.69, 9.17) is 0 Å². The van der Waals surface area contributed by atoms with Gasteiger partial charge in [0.15, 0.2) is 6.29 Å². The molecule has 0 saturated carbocycles. The maximum absolute atomic E-state index is 13.4. The van der Waals surface area contributed by atoms with E-state index in [-0.39, 0.29) is 5.56 Å². The second-order valence-corrected chi connectivity index (χ2v) is 3.57. The van der Waals surface area contributed by atoms with Gasteiger partial charge in [0.05, 0.1) is 5.56 Å². The lowest BCUT2D eigenvalue weighted by Gasteiger charge is -2.05. The highest BCUT2D eigenvalue weighted by molar-refractivity contribution is 5.87. The smallest absolute Gasteiger partial charge is 0.153 e. The number of halogens is 1. The highest BCUT2D eigenvalue weighted by Gasteiger charge is 2.09. The predicted molar refractivity (Wildman–Crippen MR) is 59.8 cm³/mol. The fraction of sp³-hybridized carbons (Fsp3) is 0.0769. The number of hydrogen-bond donors (Lipinski definition) is 0. The number of rotatable bonds is 2. The molecule has 0 aliphatic carbocycles. The lowest BCUT2D eigenvalue weighted by Crippen LogP contribution is -1.93. The van der Waals surface area contributed by atoms with E-state index in [1.807, 2.05) is 13.0 Å². The zero-order valence-electron chi connectivity index (χ0n) is 8.77. The van der Waals surface area contributed by atoms with Crippen molar-refractivity contribution in [2.45, 2.75) is 6.92 Å². The summed E-state index contributed by atoms with van der Waals surface area (Å²) in [5.74, 6) is -0.506. The molecule has 0 unspecified atom stereocenters. The van der Waals surface area contributed by atoms with E-state index >= 15 is 0 Å². The molecule has 0 radical (unpaired) electrons. The van der Waals surface area contributed by atoms with Crippen LogP contribution in [0.15, 0.2) is 36.7 Å². The molecule has 1 aromatic carbocycles. The first-order chi connectivity index (χ1) is 7.72. The molecule has 2 rings (SSSR count). The van der Waals surface area contributed by atoms with Crippen LogP contribution in [0.25, 0.3) is 11.1 Å². The number of nitrogens with zero attached hydrogens (tertiary/aromatic N) is 1. The maximum atomic E-state index is 13.4. The summed E-state index contributed by atoms with van der Waals surface area (Å²) in [7, 11) is 0. The Kier molecular flexibility index (Phi) is 2.77. The van der Waals surface area contributed by atoms with Crippen molar-refractivity contribution < 1.29 is 9.18 Å². The van der Waals surface area contributed by atoms with Crippen LogP contribution >= 0.6 is 0 Å². The third-order valence-electron chi connectivity index (χ3n) is 2.36. The fourth-order valence-corrected chi connectivity index (χ4v) is 1.61. The highest BCUT2D eigenvalue weighted by atomic mass is 19.1.